The quantitative estimate of drug-likeness (QED) is 0.679. The summed E-state index contributed by atoms with van der Waals surface area (Å²) < 4.78 is 3.42. The largest absolute Gasteiger partial charge is 0.329 e. The molecule has 148 valence electrons. The van der Waals surface area contributed by atoms with E-state index in [1.807, 2.05) is 16.7 Å². The fourth-order valence-corrected chi connectivity index (χ4v) is 4.31. The molecule has 28 heavy (non-hydrogen) atoms. The summed E-state index contributed by atoms with van der Waals surface area (Å²) in [6.45, 7) is 2.61. The summed E-state index contributed by atoms with van der Waals surface area (Å²) in [5, 5.41) is 0. The lowest BCUT2D eigenvalue weighted by Gasteiger charge is -2.19. The van der Waals surface area contributed by atoms with E-state index in [1.165, 1.54) is 4.57 Å². The first-order valence-electron chi connectivity index (χ1n) is 9.95. The van der Waals surface area contributed by atoms with Crippen LogP contribution >= 0.6 is 0 Å². The molecule has 0 amide bonds. The third-order valence-corrected chi connectivity index (χ3v) is 5.96. The number of hydrogen-bond donors (Lipinski definition) is 2. The Balaban J connectivity index is 1.94. The van der Waals surface area contributed by atoms with Crippen LogP contribution in [0.3, 0.4) is 0 Å². The number of nitrogens with zero attached hydrogens (tertiary/aromatic N) is 3. The molecule has 3 N–H and O–H groups in total. The van der Waals surface area contributed by atoms with Crippen molar-refractivity contribution >= 4 is 11.2 Å². The predicted molar refractivity (Wildman–Crippen MR) is 110 cm³/mol. The molecule has 2 heterocycles. The van der Waals surface area contributed by atoms with Crippen LogP contribution in [0.15, 0.2) is 33.9 Å². The Labute approximate surface area is 163 Å². The van der Waals surface area contributed by atoms with Crippen LogP contribution in [0.4, 0.5) is 0 Å². The van der Waals surface area contributed by atoms with Crippen molar-refractivity contribution in [1.29, 1.82) is 0 Å². The van der Waals surface area contributed by atoms with Gasteiger partial charge < -0.3 is 10.3 Å². The number of aromatic nitrogens is 4. The molecule has 1 saturated carbocycles. The summed E-state index contributed by atoms with van der Waals surface area (Å²) in [5.74, 6) is 1.05. The van der Waals surface area contributed by atoms with Crippen LogP contribution < -0.4 is 17.0 Å². The van der Waals surface area contributed by atoms with Crippen molar-refractivity contribution in [3.05, 3.63) is 62.1 Å². The number of benzene rings is 1. The molecule has 0 saturated heterocycles. The fourth-order valence-electron chi connectivity index (χ4n) is 4.31. The van der Waals surface area contributed by atoms with Gasteiger partial charge >= 0.3 is 5.69 Å². The minimum Gasteiger partial charge on any atom is -0.328 e. The zero-order valence-electron chi connectivity index (χ0n) is 16.4. The Morgan fingerprint density at radius 3 is 2.75 bits per heavy atom. The van der Waals surface area contributed by atoms with Crippen molar-refractivity contribution in [2.24, 2.45) is 12.8 Å². The van der Waals surface area contributed by atoms with Crippen LogP contribution in [0.1, 0.15) is 55.0 Å². The maximum atomic E-state index is 12.7. The minimum absolute atomic E-state index is 0.140. The molecule has 7 nitrogen and oxygen atoms in total. The zero-order chi connectivity index (χ0) is 19.8. The van der Waals surface area contributed by atoms with Gasteiger partial charge in [-0.1, -0.05) is 37.1 Å². The summed E-state index contributed by atoms with van der Waals surface area (Å²) in [4.78, 5) is 32.1. The van der Waals surface area contributed by atoms with E-state index in [2.05, 4.69) is 24.0 Å². The first kappa shape index (κ1) is 18.7. The Kier molecular flexibility index (Phi) is 4.93. The maximum Gasteiger partial charge on any atom is 0.329 e. The summed E-state index contributed by atoms with van der Waals surface area (Å²) in [5.41, 5.74) is 8.67. The average Bonchev–Trinajstić information content (AvgIpc) is 2.90. The van der Waals surface area contributed by atoms with E-state index in [-0.39, 0.29) is 17.5 Å². The topological polar surface area (TPSA) is 98.7 Å². The Morgan fingerprint density at radius 2 is 1.96 bits per heavy atom. The molecule has 1 aromatic carbocycles. The molecule has 2 unspecified atom stereocenters. The normalized spacial score (nSPS) is 20.4. The highest BCUT2D eigenvalue weighted by atomic mass is 16.2. The van der Waals surface area contributed by atoms with Crippen molar-refractivity contribution in [3.8, 4) is 0 Å². The lowest BCUT2D eigenvalue weighted by Crippen LogP contribution is -2.29. The van der Waals surface area contributed by atoms with E-state index in [1.54, 1.807) is 7.05 Å². The monoisotopic (exact) mass is 381 g/mol. The SMILES string of the molecule is Cc1ccccc1Cn1c(C2CCCCC(N)C2)nc2c1c(=O)[nH]c(=O)n2C. The number of imidazole rings is 1. The van der Waals surface area contributed by atoms with Crippen LogP contribution in [0.2, 0.25) is 0 Å². The number of nitrogens with two attached hydrogens (primary N) is 1. The summed E-state index contributed by atoms with van der Waals surface area (Å²) in [6.07, 6.45) is 5.09. The molecule has 1 aliphatic carbocycles. The Morgan fingerprint density at radius 1 is 1.21 bits per heavy atom. The number of aromatic amines is 1. The molecular weight excluding hydrogens is 354 g/mol. The fraction of sp³-hybridized carbons (Fsp3) is 0.476. The highest BCUT2D eigenvalue weighted by Gasteiger charge is 2.27. The summed E-state index contributed by atoms with van der Waals surface area (Å²) in [7, 11) is 1.65. The number of rotatable bonds is 3. The van der Waals surface area contributed by atoms with Crippen molar-refractivity contribution in [3.63, 3.8) is 0 Å². The van der Waals surface area contributed by atoms with Gasteiger partial charge in [0.25, 0.3) is 5.56 Å². The Hall–Kier alpha value is -2.67. The molecule has 3 aromatic rings. The lowest BCUT2D eigenvalue weighted by atomic mass is 9.97. The molecule has 0 spiro atoms. The van der Waals surface area contributed by atoms with E-state index in [9.17, 15) is 9.59 Å². The highest BCUT2D eigenvalue weighted by molar-refractivity contribution is 5.71. The van der Waals surface area contributed by atoms with Gasteiger partial charge in [0.05, 0.1) is 0 Å². The molecule has 4 rings (SSSR count). The first-order chi connectivity index (χ1) is 13.5. The van der Waals surface area contributed by atoms with Gasteiger partial charge in [-0.15, -0.1) is 0 Å². The van der Waals surface area contributed by atoms with Gasteiger partial charge in [-0.2, -0.15) is 0 Å². The molecule has 0 radical (unpaired) electrons. The zero-order valence-corrected chi connectivity index (χ0v) is 16.4. The van der Waals surface area contributed by atoms with Gasteiger partial charge in [0, 0.05) is 25.6 Å². The molecule has 0 aliphatic heterocycles. The van der Waals surface area contributed by atoms with E-state index in [0.29, 0.717) is 17.7 Å². The number of hydrogen-bond acceptors (Lipinski definition) is 4. The third-order valence-electron chi connectivity index (χ3n) is 5.96. The number of aryl methyl sites for hydroxylation is 2. The first-order valence-corrected chi connectivity index (χ1v) is 9.95. The molecular formula is C21H27N5O2. The van der Waals surface area contributed by atoms with Gasteiger partial charge in [0.15, 0.2) is 11.2 Å². The second kappa shape index (κ2) is 7.39. The van der Waals surface area contributed by atoms with Crippen molar-refractivity contribution in [2.75, 3.05) is 0 Å². The van der Waals surface area contributed by atoms with E-state index in [0.717, 1.165) is 49.1 Å². The third kappa shape index (κ3) is 3.30. The van der Waals surface area contributed by atoms with Crippen LogP contribution in [0.5, 0.6) is 0 Å². The van der Waals surface area contributed by atoms with Crippen LogP contribution in [-0.2, 0) is 13.6 Å². The van der Waals surface area contributed by atoms with Crippen LogP contribution in [0.25, 0.3) is 11.2 Å². The number of fused-ring (bicyclic) bond motifs is 1. The van der Waals surface area contributed by atoms with Gasteiger partial charge in [0.2, 0.25) is 0 Å². The maximum absolute atomic E-state index is 12.7. The molecule has 2 aromatic heterocycles. The molecule has 0 bridgehead atoms. The van der Waals surface area contributed by atoms with Gasteiger partial charge in [-0.25, -0.2) is 9.78 Å². The number of nitrogens with one attached hydrogen (secondary N) is 1. The summed E-state index contributed by atoms with van der Waals surface area (Å²) in [6, 6.07) is 8.28. The number of H-pyrrole nitrogens is 1. The average molecular weight is 381 g/mol. The lowest BCUT2D eigenvalue weighted by molar-refractivity contribution is 0.500. The molecule has 7 heteroatoms. The van der Waals surface area contributed by atoms with Crippen LogP contribution in [-0.4, -0.2) is 25.1 Å². The van der Waals surface area contributed by atoms with E-state index >= 15 is 0 Å². The van der Waals surface area contributed by atoms with Gasteiger partial charge in [0.1, 0.15) is 5.82 Å². The van der Waals surface area contributed by atoms with Crippen molar-refractivity contribution in [2.45, 2.75) is 57.5 Å². The molecule has 1 aliphatic rings. The predicted octanol–water partition coefficient (Wildman–Crippen LogP) is 2.16. The second-order valence-corrected chi connectivity index (χ2v) is 7.95. The van der Waals surface area contributed by atoms with E-state index in [4.69, 9.17) is 10.7 Å². The Bertz CT molecular complexity index is 1120. The molecule has 2 atom stereocenters. The van der Waals surface area contributed by atoms with Crippen molar-refractivity contribution in [1.82, 2.24) is 19.1 Å². The van der Waals surface area contributed by atoms with E-state index < -0.39 is 5.69 Å². The second-order valence-electron chi connectivity index (χ2n) is 7.95. The smallest absolute Gasteiger partial charge is 0.328 e. The van der Waals surface area contributed by atoms with Gasteiger partial charge in [-0.3, -0.25) is 14.3 Å². The van der Waals surface area contributed by atoms with Crippen molar-refractivity contribution < 1.29 is 0 Å². The minimum atomic E-state index is -0.442. The molecule has 1 fully saturated rings. The van der Waals surface area contributed by atoms with Crippen LogP contribution in [0, 0.1) is 6.92 Å². The standard InChI is InChI=1S/C21H27N5O2/c1-13-7-3-4-9-15(13)12-26-17-19(25(2)21(28)24-20(17)27)23-18(26)14-8-5-6-10-16(22)11-14/h3-4,7,9,14,16H,5-6,8,10-12,22H2,1-2H3,(H,24,27,28). The van der Waals surface area contributed by atoms with Gasteiger partial charge in [-0.05, 0) is 37.3 Å². The summed E-state index contributed by atoms with van der Waals surface area (Å²) >= 11 is 0. The highest BCUT2D eigenvalue weighted by Crippen LogP contribution is 2.32.